The van der Waals surface area contributed by atoms with E-state index >= 15 is 0 Å². The molecule has 0 N–H and O–H groups in total. The second-order valence-corrected chi connectivity index (χ2v) is 6.42. The zero-order valence-corrected chi connectivity index (χ0v) is 14.4. The van der Waals surface area contributed by atoms with Crippen molar-refractivity contribution in [1.82, 2.24) is 4.98 Å². The molecule has 0 spiro atoms. The molecule has 2 aromatic carbocycles. The number of alkyl halides is 1. The molecule has 3 rings (SSSR count). The van der Waals surface area contributed by atoms with Crippen molar-refractivity contribution in [1.29, 1.82) is 0 Å². The van der Waals surface area contributed by atoms with E-state index in [1.807, 2.05) is 36.4 Å². The normalized spacial score (nSPS) is 12.8. The van der Waals surface area contributed by atoms with Crippen LogP contribution >= 0.6 is 23.2 Å². The molecule has 0 fully saturated rings. The lowest BCUT2D eigenvalue weighted by Crippen LogP contribution is -1.88. The SMILES string of the molecule is CC[C@H](Cl)c1cccc(/C=C/c2ccc3ccc(Cl)cc3n2)c1. The Morgan fingerprint density at radius 2 is 1.87 bits per heavy atom. The van der Waals surface area contributed by atoms with E-state index in [1.54, 1.807) is 0 Å². The van der Waals surface area contributed by atoms with Crippen LogP contribution in [0.3, 0.4) is 0 Å². The number of nitrogens with zero attached hydrogens (tertiary/aromatic N) is 1. The minimum absolute atomic E-state index is 0.0595. The molecule has 0 bridgehead atoms. The van der Waals surface area contributed by atoms with Crippen molar-refractivity contribution in [2.24, 2.45) is 0 Å². The molecular weight excluding hydrogens is 325 g/mol. The lowest BCUT2D eigenvalue weighted by Gasteiger charge is -2.07. The van der Waals surface area contributed by atoms with E-state index in [1.165, 1.54) is 0 Å². The fourth-order valence-corrected chi connectivity index (χ4v) is 2.78. The molecule has 3 heteroatoms. The molecule has 116 valence electrons. The summed E-state index contributed by atoms with van der Waals surface area (Å²) >= 11 is 12.3. The number of aromatic nitrogens is 1. The third-order valence-electron chi connectivity index (χ3n) is 3.75. The fourth-order valence-electron chi connectivity index (χ4n) is 2.47. The summed E-state index contributed by atoms with van der Waals surface area (Å²) in [6.07, 6.45) is 4.98. The van der Waals surface area contributed by atoms with E-state index in [4.69, 9.17) is 23.2 Å². The highest BCUT2D eigenvalue weighted by Crippen LogP contribution is 2.25. The first-order valence-electron chi connectivity index (χ1n) is 7.64. The molecule has 0 aliphatic rings. The molecule has 1 aromatic heterocycles. The van der Waals surface area contributed by atoms with Crippen LogP contribution in [0.25, 0.3) is 23.1 Å². The predicted octanol–water partition coefficient (Wildman–Crippen LogP) is 6.75. The van der Waals surface area contributed by atoms with Gasteiger partial charge in [0.2, 0.25) is 0 Å². The molecule has 0 unspecified atom stereocenters. The monoisotopic (exact) mass is 341 g/mol. The zero-order valence-electron chi connectivity index (χ0n) is 12.8. The minimum Gasteiger partial charge on any atom is -0.248 e. The number of hydrogen-bond acceptors (Lipinski definition) is 1. The quantitative estimate of drug-likeness (QED) is 0.478. The summed E-state index contributed by atoms with van der Waals surface area (Å²) in [7, 11) is 0. The molecule has 0 saturated carbocycles. The lowest BCUT2D eigenvalue weighted by molar-refractivity contribution is 0.883. The molecular formula is C20H17Cl2N. The van der Waals surface area contributed by atoms with Crippen molar-refractivity contribution in [3.8, 4) is 0 Å². The predicted molar refractivity (Wildman–Crippen MR) is 101 cm³/mol. The summed E-state index contributed by atoms with van der Waals surface area (Å²) in [6, 6.07) is 18.1. The highest BCUT2D eigenvalue weighted by molar-refractivity contribution is 6.31. The van der Waals surface area contributed by atoms with Crippen molar-refractivity contribution in [2.45, 2.75) is 18.7 Å². The van der Waals surface area contributed by atoms with Gasteiger partial charge in [0.25, 0.3) is 0 Å². The fraction of sp³-hybridized carbons (Fsp3) is 0.150. The summed E-state index contributed by atoms with van der Waals surface area (Å²) in [4.78, 5) is 4.63. The standard InChI is InChI=1S/C20H17Cl2N/c1-2-19(22)16-5-3-4-14(12-16)6-10-18-11-8-15-7-9-17(21)13-20(15)23-18/h3-13,19H,2H2,1H3/b10-6+/t19-/m0/s1. The van der Waals surface area contributed by atoms with Gasteiger partial charge in [-0.15, -0.1) is 11.6 Å². The number of benzene rings is 2. The van der Waals surface area contributed by atoms with E-state index in [0.29, 0.717) is 5.02 Å². The summed E-state index contributed by atoms with van der Waals surface area (Å²) < 4.78 is 0. The van der Waals surface area contributed by atoms with E-state index in [-0.39, 0.29) is 5.38 Å². The molecule has 3 aromatic rings. The summed E-state index contributed by atoms with van der Waals surface area (Å²) in [5.74, 6) is 0. The van der Waals surface area contributed by atoms with Gasteiger partial charge in [-0.1, -0.05) is 61.0 Å². The third kappa shape index (κ3) is 3.93. The van der Waals surface area contributed by atoms with Crippen LogP contribution in [-0.4, -0.2) is 4.98 Å². The van der Waals surface area contributed by atoms with Gasteiger partial charge in [-0.2, -0.15) is 0 Å². The minimum atomic E-state index is 0.0595. The van der Waals surface area contributed by atoms with Gasteiger partial charge in [-0.05, 0) is 41.8 Å². The molecule has 0 amide bonds. The Bertz CT molecular complexity index is 855. The Balaban J connectivity index is 1.87. The Kier molecular flexibility index (Phi) is 5.00. The first-order valence-corrected chi connectivity index (χ1v) is 8.45. The number of fused-ring (bicyclic) bond motifs is 1. The highest BCUT2D eigenvalue weighted by atomic mass is 35.5. The van der Waals surface area contributed by atoms with Crippen molar-refractivity contribution in [3.05, 3.63) is 76.4 Å². The molecule has 0 aliphatic heterocycles. The van der Waals surface area contributed by atoms with Gasteiger partial charge in [0, 0.05) is 10.4 Å². The number of hydrogen-bond donors (Lipinski definition) is 0. The second kappa shape index (κ2) is 7.16. The lowest BCUT2D eigenvalue weighted by atomic mass is 10.1. The molecule has 23 heavy (non-hydrogen) atoms. The van der Waals surface area contributed by atoms with Gasteiger partial charge in [-0.3, -0.25) is 0 Å². The van der Waals surface area contributed by atoms with Crippen LogP contribution in [0.4, 0.5) is 0 Å². The molecule has 0 aliphatic carbocycles. The molecule has 1 heterocycles. The van der Waals surface area contributed by atoms with Crippen LogP contribution in [0, 0.1) is 0 Å². The van der Waals surface area contributed by atoms with Crippen LogP contribution < -0.4 is 0 Å². The summed E-state index contributed by atoms with van der Waals surface area (Å²) in [5, 5.41) is 1.84. The van der Waals surface area contributed by atoms with Crippen LogP contribution in [-0.2, 0) is 0 Å². The molecule has 1 nitrogen and oxygen atoms in total. The summed E-state index contributed by atoms with van der Waals surface area (Å²) in [5.41, 5.74) is 4.08. The van der Waals surface area contributed by atoms with E-state index in [0.717, 1.165) is 34.1 Å². The summed E-state index contributed by atoms with van der Waals surface area (Å²) in [6.45, 7) is 2.09. The average Bonchev–Trinajstić information content (AvgIpc) is 2.59. The Morgan fingerprint density at radius 3 is 2.70 bits per heavy atom. The smallest absolute Gasteiger partial charge is 0.0724 e. The van der Waals surface area contributed by atoms with E-state index in [2.05, 4.69) is 42.2 Å². The van der Waals surface area contributed by atoms with Gasteiger partial charge in [0.1, 0.15) is 0 Å². The zero-order chi connectivity index (χ0) is 16.2. The van der Waals surface area contributed by atoms with Crippen molar-refractivity contribution < 1.29 is 0 Å². The van der Waals surface area contributed by atoms with Gasteiger partial charge in [-0.25, -0.2) is 4.98 Å². The number of halogens is 2. The number of pyridine rings is 1. The van der Waals surface area contributed by atoms with Crippen molar-refractivity contribution in [2.75, 3.05) is 0 Å². The Labute approximate surface area is 146 Å². The van der Waals surface area contributed by atoms with Crippen LogP contribution in [0.1, 0.15) is 35.5 Å². The third-order valence-corrected chi connectivity index (χ3v) is 4.55. The number of rotatable bonds is 4. The van der Waals surface area contributed by atoms with Crippen LogP contribution in [0.2, 0.25) is 5.02 Å². The van der Waals surface area contributed by atoms with Gasteiger partial charge in [0.05, 0.1) is 16.6 Å². The maximum atomic E-state index is 6.31. The van der Waals surface area contributed by atoms with Gasteiger partial charge >= 0.3 is 0 Å². The molecule has 1 atom stereocenters. The van der Waals surface area contributed by atoms with Crippen molar-refractivity contribution >= 4 is 46.3 Å². The second-order valence-electron chi connectivity index (χ2n) is 5.45. The largest absolute Gasteiger partial charge is 0.248 e. The highest BCUT2D eigenvalue weighted by Gasteiger charge is 2.04. The molecule has 0 saturated heterocycles. The Hall–Kier alpha value is -1.83. The first kappa shape index (κ1) is 16.0. The molecule has 0 radical (unpaired) electrons. The maximum absolute atomic E-state index is 6.31. The maximum Gasteiger partial charge on any atom is 0.0724 e. The average molecular weight is 342 g/mol. The van der Waals surface area contributed by atoms with E-state index in [9.17, 15) is 0 Å². The topological polar surface area (TPSA) is 12.9 Å². The first-order chi connectivity index (χ1) is 11.2. The van der Waals surface area contributed by atoms with Crippen LogP contribution in [0.5, 0.6) is 0 Å². The van der Waals surface area contributed by atoms with Crippen LogP contribution in [0.15, 0.2) is 54.6 Å². The van der Waals surface area contributed by atoms with Crippen molar-refractivity contribution in [3.63, 3.8) is 0 Å². The Morgan fingerprint density at radius 1 is 1.04 bits per heavy atom. The van der Waals surface area contributed by atoms with Gasteiger partial charge < -0.3 is 0 Å². The van der Waals surface area contributed by atoms with E-state index < -0.39 is 0 Å². The van der Waals surface area contributed by atoms with Gasteiger partial charge in [0.15, 0.2) is 0 Å².